The molecule has 20 heavy (non-hydrogen) atoms. The Balaban J connectivity index is 1.80. The number of imidazole rings is 1. The van der Waals surface area contributed by atoms with Crippen LogP contribution in [0.4, 0.5) is 5.69 Å². The lowest BCUT2D eigenvalue weighted by Gasteiger charge is -2.08. The van der Waals surface area contributed by atoms with Crippen molar-refractivity contribution in [2.75, 3.05) is 5.32 Å². The molecule has 0 unspecified atom stereocenters. The van der Waals surface area contributed by atoms with Crippen molar-refractivity contribution in [1.29, 1.82) is 0 Å². The molecule has 6 heteroatoms. The molecular weight excluding hydrogens is 342 g/mol. The van der Waals surface area contributed by atoms with Crippen molar-refractivity contribution < 1.29 is 0 Å². The van der Waals surface area contributed by atoms with E-state index in [1.807, 2.05) is 36.4 Å². The summed E-state index contributed by atoms with van der Waals surface area (Å²) >= 11 is 9.55. The molecule has 0 bridgehead atoms. The number of aromatic nitrogens is 2. The van der Waals surface area contributed by atoms with Crippen LogP contribution in [0.15, 0.2) is 45.7 Å². The van der Waals surface area contributed by atoms with E-state index in [2.05, 4.69) is 31.2 Å². The Bertz CT molecular complexity index is 825. The van der Waals surface area contributed by atoms with Crippen molar-refractivity contribution in [3.05, 3.63) is 61.9 Å². The Labute approximate surface area is 128 Å². The maximum atomic E-state index is 11.2. The normalized spacial score (nSPS) is 10.9. The standard InChI is InChI=1S/C14H11BrClN3O/c15-9-2-1-8(11(16)5-9)7-17-10-3-4-12-13(6-10)19-14(20)18-12/h1-6,17H,7H2,(H2,18,19,20). The van der Waals surface area contributed by atoms with Gasteiger partial charge in [0.25, 0.3) is 0 Å². The fraction of sp³-hybridized carbons (Fsp3) is 0.0714. The zero-order valence-corrected chi connectivity index (χ0v) is 12.7. The van der Waals surface area contributed by atoms with Gasteiger partial charge in [-0.1, -0.05) is 33.6 Å². The molecule has 3 N–H and O–H groups in total. The number of halogens is 2. The van der Waals surface area contributed by atoms with Crippen molar-refractivity contribution in [3.8, 4) is 0 Å². The summed E-state index contributed by atoms with van der Waals surface area (Å²) in [5.41, 5.74) is 3.31. The summed E-state index contributed by atoms with van der Waals surface area (Å²) in [6.07, 6.45) is 0. The molecule has 1 heterocycles. The van der Waals surface area contributed by atoms with Gasteiger partial charge in [-0.2, -0.15) is 0 Å². The molecule has 0 radical (unpaired) electrons. The number of nitrogens with one attached hydrogen (secondary N) is 3. The molecule has 0 saturated carbocycles. The van der Waals surface area contributed by atoms with E-state index in [0.717, 1.165) is 26.8 Å². The number of anilines is 1. The largest absolute Gasteiger partial charge is 0.381 e. The molecule has 0 aliphatic heterocycles. The summed E-state index contributed by atoms with van der Waals surface area (Å²) in [7, 11) is 0. The Morgan fingerprint density at radius 2 is 1.90 bits per heavy atom. The maximum Gasteiger partial charge on any atom is 0.323 e. The van der Waals surface area contributed by atoms with E-state index < -0.39 is 0 Å². The second kappa shape index (κ2) is 5.34. The fourth-order valence-corrected chi connectivity index (χ4v) is 2.75. The SMILES string of the molecule is O=c1[nH]c2ccc(NCc3ccc(Br)cc3Cl)cc2[nH]1. The van der Waals surface area contributed by atoms with Crippen molar-refractivity contribution in [2.24, 2.45) is 0 Å². The van der Waals surface area contributed by atoms with E-state index in [9.17, 15) is 4.79 Å². The predicted octanol–water partition coefficient (Wildman–Crippen LogP) is 3.88. The highest BCUT2D eigenvalue weighted by Gasteiger charge is 2.03. The van der Waals surface area contributed by atoms with Gasteiger partial charge in [0.2, 0.25) is 0 Å². The number of rotatable bonds is 3. The summed E-state index contributed by atoms with van der Waals surface area (Å²) in [5, 5.41) is 4.00. The van der Waals surface area contributed by atoms with Crippen LogP contribution in [0, 0.1) is 0 Å². The average Bonchev–Trinajstić information content (AvgIpc) is 2.77. The minimum atomic E-state index is -0.201. The highest BCUT2D eigenvalue weighted by Crippen LogP contribution is 2.23. The molecule has 0 saturated heterocycles. The lowest BCUT2D eigenvalue weighted by molar-refractivity contribution is 1.15. The van der Waals surface area contributed by atoms with Gasteiger partial charge in [-0.25, -0.2) is 4.79 Å². The Hall–Kier alpha value is -1.72. The van der Waals surface area contributed by atoms with Gasteiger partial charge in [0.1, 0.15) is 0 Å². The summed E-state index contributed by atoms with van der Waals surface area (Å²) in [4.78, 5) is 16.6. The molecule has 2 aromatic carbocycles. The lowest BCUT2D eigenvalue weighted by atomic mass is 10.2. The van der Waals surface area contributed by atoms with Crippen LogP contribution in [-0.2, 0) is 6.54 Å². The number of benzene rings is 2. The highest BCUT2D eigenvalue weighted by atomic mass is 79.9. The molecule has 102 valence electrons. The van der Waals surface area contributed by atoms with E-state index >= 15 is 0 Å². The Morgan fingerprint density at radius 1 is 1.10 bits per heavy atom. The molecular formula is C14H11BrClN3O. The van der Waals surface area contributed by atoms with Gasteiger partial charge in [-0.15, -0.1) is 0 Å². The maximum absolute atomic E-state index is 11.2. The van der Waals surface area contributed by atoms with E-state index in [1.54, 1.807) is 0 Å². The van der Waals surface area contributed by atoms with Crippen LogP contribution in [0.25, 0.3) is 11.0 Å². The van der Waals surface area contributed by atoms with Crippen molar-refractivity contribution >= 4 is 44.3 Å². The minimum absolute atomic E-state index is 0.201. The second-order valence-corrected chi connectivity index (χ2v) is 5.75. The van der Waals surface area contributed by atoms with Crippen LogP contribution in [0.1, 0.15) is 5.56 Å². The number of hydrogen-bond acceptors (Lipinski definition) is 2. The van der Waals surface area contributed by atoms with Gasteiger partial charge < -0.3 is 15.3 Å². The van der Waals surface area contributed by atoms with Crippen LogP contribution in [0.2, 0.25) is 5.02 Å². The molecule has 3 rings (SSSR count). The first kappa shape index (κ1) is 13.3. The number of fused-ring (bicyclic) bond motifs is 1. The highest BCUT2D eigenvalue weighted by molar-refractivity contribution is 9.10. The van der Waals surface area contributed by atoms with Crippen LogP contribution in [0.3, 0.4) is 0 Å². The quantitative estimate of drug-likeness (QED) is 0.670. The molecule has 3 aromatic rings. The van der Waals surface area contributed by atoms with Gasteiger partial charge in [-0.05, 0) is 35.9 Å². The van der Waals surface area contributed by atoms with Gasteiger partial charge in [-0.3, -0.25) is 0 Å². The van der Waals surface area contributed by atoms with Crippen LogP contribution >= 0.6 is 27.5 Å². The summed E-state index contributed by atoms with van der Waals surface area (Å²) in [6.45, 7) is 0.617. The van der Waals surface area contributed by atoms with Crippen LogP contribution in [0.5, 0.6) is 0 Å². The summed E-state index contributed by atoms with van der Waals surface area (Å²) in [5.74, 6) is 0. The van der Waals surface area contributed by atoms with E-state index in [0.29, 0.717) is 11.6 Å². The summed E-state index contributed by atoms with van der Waals surface area (Å²) in [6, 6.07) is 11.5. The van der Waals surface area contributed by atoms with E-state index in [4.69, 9.17) is 11.6 Å². The van der Waals surface area contributed by atoms with Crippen molar-refractivity contribution in [2.45, 2.75) is 6.54 Å². The van der Waals surface area contributed by atoms with Gasteiger partial charge in [0, 0.05) is 21.7 Å². The third-order valence-corrected chi connectivity index (χ3v) is 3.86. The second-order valence-electron chi connectivity index (χ2n) is 4.43. The summed E-state index contributed by atoms with van der Waals surface area (Å²) < 4.78 is 0.956. The fourth-order valence-electron chi connectivity index (χ4n) is 2.00. The molecule has 4 nitrogen and oxygen atoms in total. The zero-order chi connectivity index (χ0) is 14.1. The first-order chi connectivity index (χ1) is 9.61. The minimum Gasteiger partial charge on any atom is -0.381 e. The number of hydrogen-bond donors (Lipinski definition) is 3. The molecule has 0 atom stereocenters. The predicted molar refractivity (Wildman–Crippen MR) is 85.4 cm³/mol. The number of aromatic amines is 2. The molecule has 0 aliphatic rings. The van der Waals surface area contributed by atoms with Crippen molar-refractivity contribution in [1.82, 2.24) is 9.97 Å². The lowest BCUT2D eigenvalue weighted by Crippen LogP contribution is -2.00. The third-order valence-electron chi connectivity index (χ3n) is 3.01. The molecule has 0 amide bonds. The molecule has 0 fully saturated rings. The molecule has 1 aromatic heterocycles. The first-order valence-electron chi connectivity index (χ1n) is 6.02. The first-order valence-corrected chi connectivity index (χ1v) is 7.19. The van der Waals surface area contributed by atoms with E-state index in [1.165, 1.54) is 0 Å². The number of H-pyrrole nitrogens is 2. The third kappa shape index (κ3) is 2.73. The topological polar surface area (TPSA) is 60.7 Å². The molecule has 0 spiro atoms. The average molecular weight is 353 g/mol. The van der Waals surface area contributed by atoms with Gasteiger partial charge in [0.15, 0.2) is 0 Å². The van der Waals surface area contributed by atoms with Crippen molar-refractivity contribution in [3.63, 3.8) is 0 Å². The molecule has 0 aliphatic carbocycles. The Morgan fingerprint density at radius 3 is 2.70 bits per heavy atom. The van der Waals surface area contributed by atoms with Gasteiger partial charge in [0.05, 0.1) is 11.0 Å². The zero-order valence-electron chi connectivity index (χ0n) is 10.3. The van der Waals surface area contributed by atoms with E-state index in [-0.39, 0.29) is 5.69 Å². The van der Waals surface area contributed by atoms with Gasteiger partial charge >= 0.3 is 5.69 Å². The Kier molecular flexibility index (Phi) is 3.54. The monoisotopic (exact) mass is 351 g/mol. The smallest absolute Gasteiger partial charge is 0.323 e. The van der Waals surface area contributed by atoms with Crippen LogP contribution < -0.4 is 11.0 Å². The van der Waals surface area contributed by atoms with Crippen LogP contribution in [-0.4, -0.2) is 9.97 Å².